The zero-order valence-electron chi connectivity index (χ0n) is 16.1. The molecule has 2 aromatic carbocycles. The summed E-state index contributed by atoms with van der Waals surface area (Å²) in [5.41, 5.74) is 4.75. The molecule has 0 aliphatic carbocycles. The van der Waals surface area contributed by atoms with Crippen molar-refractivity contribution >= 4 is 17.2 Å². The largest absolute Gasteiger partial charge is 0.350 e. The summed E-state index contributed by atoms with van der Waals surface area (Å²) in [6.45, 7) is 3.16. The van der Waals surface area contributed by atoms with E-state index in [4.69, 9.17) is 0 Å². The zero-order valence-corrected chi connectivity index (χ0v) is 16.9. The summed E-state index contributed by atoms with van der Waals surface area (Å²) >= 11 is 1.62. The summed E-state index contributed by atoms with van der Waals surface area (Å²) in [5.74, 6) is -0.224. The lowest BCUT2D eigenvalue weighted by Crippen LogP contribution is -2.26. The van der Waals surface area contributed by atoms with Gasteiger partial charge in [-0.05, 0) is 12.5 Å². The van der Waals surface area contributed by atoms with Crippen molar-refractivity contribution in [2.75, 3.05) is 6.54 Å². The average molecular weight is 404 g/mol. The third-order valence-electron chi connectivity index (χ3n) is 4.48. The number of aromatic nitrogens is 4. The number of nitrogens with zero attached hydrogens (tertiary/aromatic N) is 4. The Bertz CT molecular complexity index is 1090. The molecule has 0 atom stereocenters. The fraction of sp³-hybridized carbons (Fsp3) is 0.182. The van der Waals surface area contributed by atoms with Gasteiger partial charge >= 0.3 is 0 Å². The second-order valence-corrected chi connectivity index (χ2v) is 7.66. The summed E-state index contributed by atoms with van der Waals surface area (Å²) in [4.78, 5) is 17.0. The van der Waals surface area contributed by atoms with E-state index in [-0.39, 0.29) is 5.91 Å². The lowest BCUT2D eigenvalue weighted by Gasteiger charge is -2.01. The van der Waals surface area contributed by atoms with E-state index in [1.807, 2.05) is 35.7 Å². The molecule has 0 bridgehead atoms. The smallest absolute Gasteiger partial charge is 0.273 e. The predicted molar refractivity (Wildman–Crippen MR) is 114 cm³/mol. The second-order valence-electron chi connectivity index (χ2n) is 6.80. The number of hydrogen-bond acceptors (Lipinski definition) is 5. The lowest BCUT2D eigenvalue weighted by atomic mass is 10.2. The molecule has 0 saturated heterocycles. The van der Waals surface area contributed by atoms with Gasteiger partial charge in [-0.1, -0.05) is 65.4 Å². The van der Waals surface area contributed by atoms with Crippen LogP contribution in [-0.4, -0.2) is 32.4 Å². The van der Waals surface area contributed by atoms with Gasteiger partial charge in [-0.3, -0.25) is 4.79 Å². The highest BCUT2D eigenvalue weighted by Crippen LogP contribution is 2.24. The molecule has 0 spiro atoms. The third kappa shape index (κ3) is 4.94. The van der Waals surface area contributed by atoms with E-state index in [1.165, 1.54) is 5.56 Å². The number of thiazole rings is 1. The van der Waals surface area contributed by atoms with Crippen molar-refractivity contribution < 1.29 is 4.79 Å². The quantitative estimate of drug-likeness (QED) is 0.510. The molecule has 0 aliphatic heterocycles. The summed E-state index contributed by atoms with van der Waals surface area (Å²) in [6.07, 6.45) is 2.34. The summed E-state index contributed by atoms with van der Waals surface area (Å²) < 4.78 is 1.67. The first-order valence-electron chi connectivity index (χ1n) is 9.41. The van der Waals surface area contributed by atoms with Gasteiger partial charge < -0.3 is 5.32 Å². The van der Waals surface area contributed by atoms with Crippen molar-refractivity contribution in [3.8, 4) is 10.6 Å². The summed E-state index contributed by atoms with van der Waals surface area (Å²) in [6, 6.07) is 18.3. The van der Waals surface area contributed by atoms with Crippen molar-refractivity contribution in [1.82, 2.24) is 25.3 Å². The number of aryl methyl sites for hydroxylation is 1. The molecule has 0 saturated carbocycles. The molecule has 4 aromatic rings. The van der Waals surface area contributed by atoms with E-state index in [9.17, 15) is 4.79 Å². The molecule has 1 N–H and O–H groups in total. The number of amides is 1. The molecule has 0 aliphatic rings. The Morgan fingerprint density at radius 1 is 1.10 bits per heavy atom. The van der Waals surface area contributed by atoms with E-state index in [2.05, 4.69) is 51.8 Å². The summed E-state index contributed by atoms with van der Waals surface area (Å²) in [7, 11) is 0. The van der Waals surface area contributed by atoms with Gasteiger partial charge in [0.2, 0.25) is 0 Å². The molecule has 6 nitrogen and oxygen atoms in total. The fourth-order valence-corrected chi connectivity index (χ4v) is 3.76. The Morgan fingerprint density at radius 2 is 1.90 bits per heavy atom. The Kier molecular flexibility index (Phi) is 5.76. The fourth-order valence-electron chi connectivity index (χ4n) is 2.90. The second kappa shape index (κ2) is 8.79. The van der Waals surface area contributed by atoms with Crippen LogP contribution < -0.4 is 5.32 Å². The Labute approximate surface area is 173 Å². The van der Waals surface area contributed by atoms with Crippen molar-refractivity contribution in [2.24, 2.45) is 0 Å². The molecule has 29 heavy (non-hydrogen) atoms. The van der Waals surface area contributed by atoms with Crippen LogP contribution in [0.2, 0.25) is 0 Å². The minimum atomic E-state index is -0.224. The maximum atomic E-state index is 12.3. The zero-order chi connectivity index (χ0) is 20.1. The van der Waals surface area contributed by atoms with Crippen LogP contribution in [0.25, 0.3) is 10.6 Å². The van der Waals surface area contributed by atoms with Gasteiger partial charge in [0.05, 0.1) is 18.4 Å². The van der Waals surface area contributed by atoms with Gasteiger partial charge in [0.1, 0.15) is 5.01 Å². The standard InChI is InChI=1S/C22H21N5OS/c1-16-7-9-18(10-8-16)22-24-19(15-29-22)11-12-23-21(28)20-14-27(26-25-20)13-17-5-3-2-4-6-17/h2-10,14-15H,11-13H2,1H3,(H,23,28). The molecule has 7 heteroatoms. The van der Waals surface area contributed by atoms with Gasteiger partial charge in [-0.2, -0.15) is 0 Å². The normalized spacial score (nSPS) is 10.8. The maximum absolute atomic E-state index is 12.3. The van der Waals surface area contributed by atoms with E-state index in [1.54, 1.807) is 22.2 Å². The van der Waals surface area contributed by atoms with Gasteiger partial charge in [-0.25, -0.2) is 9.67 Å². The van der Waals surface area contributed by atoms with E-state index in [0.717, 1.165) is 21.8 Å². The minimum absolute atomic E-state index is 0.224. The number of rotatable bonds is 7. The predicted octanol–water partition coefficient (Wildman–Crippen LogP) is 3.73. The van der Waals surface area contributed by atoms with E-state index >= 15 is 0 Å². The number of nitrogens with one attached hydrogen (secondary N) is 1. The SMILES string of the molecule is Cc1ccc(-c2nc(CCNC(=O)c3cn(Cc4ccccc4)nn3)cs2)cc1. The van der Waals surface area contributed by atoms with Crippen LogP contribution in [0.15, 0.2) is 66.2 Å². The van der Waals surface area contributed by atoms with Crippen LogP contribution in [0.3, 0.4) is 0 Å². The van der Waals surface area contributed by atoms with Crippen molar-refractivity contribution in [2.45, 2.75) is 19.9 Å². The highest BCUT2D eigenvalue weighted by molar-refractivity contribution is 7.13. The monoisotopic (exact) mass is 403 g/mol. The molecular formula is C22H21N5OS. The molecule has 2 aromatic heterocycles. The van der Waals surface area contributed by atoms with Gasteiger partial charge in [0.25, 0.3) is 5.91 Å². The van der Waals surface area contributed by atoms with Crippen LogP contribution in [0.5, 0.6) is 0 Å². The highest BCUT2D eigenvalue weighted by Gasteiger charge is 2.11. The van der Waals surface area contributed by atoms with Crippen LogP contribution in [0.4, 0.5) is 0 Å². The number of hydrogen-bond donors (Lipinski definition) is 1. The van der Waals surface area contributed by atoms with Crippen molar-refractivity contribution in [3.63, 3.8) is 0 Å². The third-order valence-corrected chi connectivity index (χ3v) is 5.42. The topological polar surface area (TPSA) is 72.7 Å². The summed E-state index contributed by atoms with van der Waals surface area (Å²) in [5, 5.41) is 13.9. The molecule has 4 rings (SSSR count). The maximum Gasteiger partial charge on any atom is 0.273 e. The van der Waals surface area contributed by atoms with Crippen molar-refractivity contribution in [1.29, 1.82) is 0 Å². The number of carbonyl (C=O) groups is 1. The number of carbonyl (C=O) groups excluding carboxylic acids is 1. The average Bonchev–Trinajstić information content (AvgIpc) is 3.39. The lowest BCUT2D eigenvalue weighted by molar-refractivity contribution is 0.0949. The molecule has 0 fully saturated rings. The van der Waals surface area contributed by atoms with Crippen LogP contribution in [-0.2, 0) is 13.0 Å². The molecule has 2 heterocycles. The van der Waals surface area contributed by atoms with E-state index in [0.29, 0.717) is 25.2 Å². The van der Waals surface area contributed by atoms with E-state index < -0.39 is 0 Å². The first-order chi connectivity index (χ1) is 14.2. The van der Waals surface area contributed by atoms with Crippen molar-refractivity contribution in [3.05, 3.63) is 88.7 Å². The number of benzene rings is 2. The minimum Gasteiger partial charge on any atom is -0.350 e. The van der Waals surface area contributed by atoms with Crippen LogP contribution >= 0.6 is 11.3 Å². The van der Waals surface area contributed by atoms with Gasteiger partial charge in [-0.15, -0.1) is 16.4 Å². The molecule has 146 valence electrons. The van der Waals surface area contributed by atoms with Gasteiger partial charge in [0.15, 0.2) is 5.69 Å². The highest BCUT2D eigenvalue weighted by atomic mass is 32.1. The molecular weight excluding hydrogens is 382 g/mol. The van der Waals surface area contributed by atoms with Crippen LogP contribution in [0, 0.1) is 6.92 Å². The molecule has 0 radical (unpaired) electrons. The molecule has 0 unspecified atom stereocenters. The Balaban J connectivity index is 1.29. The van der Waals surface area contributed by atoms with Crippen LogP contribution in [0.1, 0.15) is 27.3 Å². The first-order valence-corrected chi connectivity index (χ1v) is 10.3. The van der Waals surface area contributed by atoms with Gasteiger partial charge in [0, 0.05) is 23.9 Å². The first kappa shape index (κ1) is 19.0. The Hall–Kier alpha value is -3.32. The Morgan fingerprint density at radius 3 is 2.69 bits per heavy atom. The molecule has 1 amide bonds.